The van der Waals surface area contributed by atoms with Gasteiger partial charge in [0.2, 0.25) is 5.95 Å². The van der Waals surface area contributed by atoms with Gasteiger partial charge in [0.1, 0.15) is 18.6 Å². The Bertz CT molecular complexity index is 1600. The van der Waals surface area contributed by atoms with Gasteiger partial charge in [0.25, 0.3) is 0 Å². The van der Waals surface area contributed by atoms with E-state index in [1.807, 2.05) is 36.5 Å². The first-order valence-corrected chi connectivity index (χ1v) is 17.8. The SMILES string of the molecule is CCc1cc(Nc2nc(Nc3ccccc3P(C)(C)=O)c3cc[nH]c3n2)c(C)cc1N1CCC(N2CCNCC2)CC1. The van der Waals surface area contributed by atoms with Crippen LogP contribution in [0.15, 0.2) is 48.7 Å². The Kier molecular flexibility index (Phi) is 8.26. The first kappa shape index (κ1) is 28.7. The van der Waals surface area contributed by atoms with Crippen LogP contribution in [0.25, 0.3) is 11.0 Å². The topological polar surface area (TPSA) is 101 Å². The first-order chi connectivity index (χ1) is 20.3. The number of hydrogen-bond acceptors (Lipinski definition) is 8. The van der Waals surface area contributed by atoms with Crippen molar-refractivity contribution in [2.45, 2.75) is 39.2 Å². The summed E-state index contributed by atoms with van der Waals surface area (Å²) >= 11 is 0. The van der Waals surface area contributed by atoms with Gasteiger partial charge in [-0.3, -0.25) is 4.90 Å². The summed E-state index contributed by atoms with van der Waals surface area (Å²) in [5.41, 5.74) is 6.39. The predicted octanol–water partition coefficient (Wildman–Crippen LogP) is 5.44. The molecule has 0 aliphatic carbocycles. The molecule has 2 saturated heterocycles. The molecule has 0 spiro atoms. The molecule has 0 saturated carbocycles. The van der Waals surface area contributed by atoms with Crippen molar-refractivity contribution in [1.29, 1.82) is 0 Å². The monoisotopic (exact) mass is 586 g/mol. The molecule has 0 radical (unpaired) electrons. The zero-order chi connectivity index (χ0) is 29.3. The van der Waals surface area contributed by atoms with Crippen LogP contribution in [-0.2, 0) is 11.0 Å². The number of rotatable bonds is 8. The van der Waals surface area contributed by atoms with Crippen LogP contribution >= 0.6 is 7.14 Å². The molecule has 2 aliphatic rings. The average Bonchev–Trinajstić information content (AvgIpc) is 3.47. The molecule has 2 aromatic carbocycles. The number of benzene rings is 2. The molecule has 0 atom stereocenters. The molecule has 10 heteroatoms. The Balaban J connectivity index is 1.24. The molecular formula is C32H43N8OP. The fourth-order valence-electron chi connectivity index (χ4n) is 6.36. The number of para-hydroxylation sites is 1. The molecule has 42 heavy (non-hydrogen) atoms. The Hall–Kier alpha value is -3.39. The van der Waals surface area contributed by atoms with E-state index >= 15 is 0 Å². The van der Waals surface area contributed by atoms with Crippen LogP contribution in [0.1, 0.15) is 30.9 Å². The zero-order valence-corrected chi connectivity index (χ0v) is 26.1. The van der Waals surface area contributed by atoms with Gasteiger partial charge in [-0.2, -0.15) is 9.97 Å². The predicted molar refractivity (Wildman–Crippen MR) is 176 cm³/mol. The second-order valence-electron chi connectivity index (χ2n) is 11.9. The maximum absolute atomic E-state index is 13.0. The van der Waals surface area contributed by atoms with E-state index in [0.29, 0.717) is 17.8 Å². The minimum absolute atomic E-state index is 0.510. The van der Waals surface area contributed by atoms with Gasteiger partial charge in [0.05, 0.1) is 11.1 Å². The second-order valence-corrected chi connectivity index (χ2v) is 15.1. The molecule has 4 N–H and O–H groups in total. The first-order valence-electron chi connectivity index (χ1n) is 15.2. The lowest BCUT2D eigenvalue weighted by Gasteiger charge is -2.41. The summed E-state index contributed by atoms with van der Waals surface area (Å²) in [6.07, 6.45) is 5.26. The highest BCUT2D eigenvalue weighted by atomic mass is 31.2. The summed E-state index contributed by atoms with van der Waals surface area (Å²) in [6.45, 7) is 14.7. The number of H-pyrrole nitrogens is 1. The van der Waals surface area contributed by atoms with E-state index in [1.165, 1.54) is 42.7 Å². The number of piperazine rings is 1. The summed E-state index contributed by atoms with van der Waals surface area (Å²) in [6, 6.07) is 15.0. The van der Waals surface area contributed by atoms with E-state index in [1.54, 1.807) is 13.3 Å². The lowest BCUT2D eigenvalue weighted by atomic mass is 9.98. The van der Waals surface area contributed by atoms with Crippen LogP contribution in [0.5, 0.6) is 0 Å². The van der Waals surface area contributed by atoms with Crippen LogP contribution in [-0.4, -0.2) is 78.5 Å². The highest BCUT2D eigenvalue weighted by Crippen LogP contribution is 2.39. The third-order valence-electron chi connectivity index (χ3n) is 8.68. The van der Waals surface area contributed by atoms with Gasteiger partial charge in [-0.05, 0) is 81.0 Å². The Morgan fingerprint density at radius 3 is 2.48 bits per heavy atom. The molecule has 4 heterocycles. The van der Waals surface area contributed by atoms with E-state index in [4.69, 9.17) is 9.97 Å². The molecular weight excluding hydrogens is 543 g/mol. The molecule has 222 valence electrons. The number of piperidine rings is 1. The van der Waals surface area contributed by atoms with Gasteiger partial charge >= 0.3 is 0 Å². The lowest BCUT2D eigenvalue weighted by Crippen LogP contribution is -2.52. The quantitative estimate of drug-likeness (QED) is 0.203. The largest absolute Gasteiger partial charge is 0.371 e. The van der Waals surface area contributed by atoms with Crippen LogP contribution in [0.3, 0.4) is 0 Å². The number of nitrogens with one attached hydrogen (secondary N) is 4. The van der Waals surface area contributed by atoms with Crippen molar-refractivity contribution in [2.24, 2.45) is 0 Å². The normalized spacial score (nSPS) is 17.1. The maximum Gasteiger partial charge on any atom is 0.231 e. The summed E-state index contributed by atoms with van der Waals surface area (Å²) in [4.78, 5) is 18.2. The molecule has 2 fully saturated rings. The van der Waals surface area contributed by atoms with E-state index in [2.05, 4.69) is 56.7 Å². The minimum Gasteiger partial charge on any atom is -0.371 e. The molecule has 6 rings (SSSR count). The standard InChI is InChI=1S/C32H43N8OP/c1-5-23-21-27(22(2)20-28(23)40-16-11-24(12-17-40)39-18-14-33-15-19-39)36-32-37-30-25(10-13-34-30)31(38-32)35-26-8-6-7-9-29(26)42(3,4)41/h6-10,13,20-21,24,33H,5,11-12,14-19H2,1-4H3,(H3,34,35,36,37,38). The van der Waals surface area contributed by atoms with Gasteiger partial charge in [-0.25, -0.2) is 0 Å². The number of aryl methyl sites for hydroxylation is 2. The zero-order valence-electron chi connectivity index (χ0n) is 25.2. The van der Waals surface area contributed by atoms with Crippen molar-refractivity contribution < 1.29 is 4.57 Å². The number of aromatic nitrogens is 3. The Labute approximate surface area is 248 Å². The van der Waals surface area contributed by atoms with Gasteiger partial charge in [0.15, 0.2) is 0 Å². The summed E-state index contributed by atoms with van der Waals surface area (Å²) < 4.78 is 13.0. The van der Waals surface area contributed by atoms with E-state index in [9.17, 15) is 4.57 Å². The van der Waals surface area contributed by atoms with E-state index in [0.717, 1.165) is 60.3 Å². The third kappa shape index (κ3) is 6.05. The van der Waals surface area contributed by atoms with Crippen molar-refractivity contribution in [3.63, 3.8) is 0 Å². The molecule has 9 nitrogen and oxygen atoms in total. The van der Waals surface area contributed by atoms with Crippen molar-refractivity contribution in [2.75, 3.05) is 68.1 Å². The van der Waals surface area contributed by atoms with Gasteiger partial charge in [-0.1, -0.05) is 19.1 Å². The average molecular weight is 587 g/mol. The van der Waals surface area contributed by atoms with Crippen molar-refractivity contribution >= 4 is 52.3 Å². The molecule has 2 aliphatic heterocycles. The number of anilines is 5. The van der Waals surface area contributed by atoms with Crippen molar-refractivity contribution in [3.8, 4) is 0 Å². The van der Waals surface area contributed by atoms with Crippen LogP contribution < -0.4 is 26.2 Å². The summed E-state index contributed by atoms with van der Waals surface area (Å²) in [7, 11) is -2.49. The number of nitrogens with zero attached hydrogens (tertiary/aromatic N) is 4. The molecule has 2 aromatic heterocycles. The highest BCUT2D eigenvalue weighted by molar-refractivity contribution is 7.70. The van der Waals surface area contributed by atoms with Crippen LogP contribution in [0.2, 0.25) is 0 Å². The van der Waals surface area contributed by atoms with Gasteiger partial charge < -0.3 is 30.4 Å². The van der Waals surface area contributed by atoms with Gasteiger partial charge in [-0.15, -0.1) is 0 Å². The van der Waals surface area contributed by atoms with Crippen molar-refractivity contribution in [1.82, 2.24) is 25.2 Å². The van der Waals surface area contributed by atoms with Crippen LogP contribution in [0.4, 0.5) is 28.8 Å². The fourth-order valence-corrected chi connectivity index (χ4v) is 7.51. The number of aromatic amines is 1. The lowest BCUT2D eigenvalue weighted by molar-refractivity contribution is 0.150. The van der Waals surface area contributed by atoms with E-state index in [-0.39, 0.29) is 0 Å². The Morgan fingerprint density at radius 2 is 1.74 bits per heavy atom. The highest BCUT2D eigenvalue weighted by Gasteiger charge is 2.27. The smallest absolute Gasteiger partial charge is 0.231 e. The molecule has 0 bridgehead atoms. The van der Waals surface area contributed by atoms with Gasteiger partial charge in [0, 0.05) is 68.2 Å². The fraction of sp³-hybridized carbons (Fsp3) is 0.438. The summed E-state index contributed by atoms with van der Waals surface area (Å²) in [5, 5.41) is 12.1. The number of fused-ring (bicyclic) bond motifs is 1. The van der Waals surface area contributed by atoms with Crippen LogP contribution in [0, 0.1) is 6.92 Å². The molecule has 4 aromatic rings. The molecule has 0 amide bonds. The minimum atomic E-state index is -2.49. The molecule has 0 unspecified atom stereocenters. The number of hydrogen-bond donors (Lipinski definition) is 4. The van der Waals surface area contributed by atoms with Crippen molar-refractivity contribution in [3.05, 3.63) is 59.8 Å². The van der Waals surface area contributed by atoms with E-state index < -0.39 is 7.14 Å². The second kappa shape index (κ2) is 12.1. The summed E-state index contributed by atoms with van der Waals surface area (Å²) in [5.74, 6) is 1.18. The maximum atomic E-state index is 13.0. The Morgan fingerprint density at radius 1 is 0.976 bits per heavy atom. The third-order valence-corrected chi connectivity index (χ3v) is 10.2.